The van der Waals surface area contributed by atoms with Crippen molar-refractivity contribution in [2.45, 2.75) is 44.0 Å². The Morgan fingerprint density at radius 1 is 1.29 bits per heavy atom. The molecule has 132 valence electrons. The molecular formula is C16H22N2O4S2. The number of carbonyl (C=O) groups excluding carboxylic acids is 1. The first-order valence-electron chi connectivity index (χ1n) is 7.74. The van der Waals surface area contributed by atoms with Gasteiger partial charge in [0, 0.05) is 4.88 Å². The highest BCUT2D eigenvalue weighted by Crippen LogP contribution is 2.22. The molecule has 0 unspecified atom stereocenters. The number of thiophene rings is 1. The van der Waals surface area contributed by atoms with E-state index in [2.05, 4.69) is 10.0 Å². The van der Waals surface area contributed by atoms with Crippen LogP contribution in [0.15, 0.2) is 39.2 Å². The van der Waals surface area contributed by atoms with Gasteiger partial charge in [-0.1, -0.05) is 20.8 Å². The maximum Gasteiger partial charge on any atom is 0.250 e. The molecule has 0 bridgehead atoms. The summed E-state index contributed by atoms with van der Waals surface area (Å²) >= 11 is 1.22. The molecule has 0 saturated heterocycles. The third kappa shape index (κ3) is 4.68. The van der Waals surface area contributed by atoms with Crippen LogP contribution in [0.4, 0.5) is 0 Å². The molecule has 0 aliphatic carbocycles. The van der Waals surface area contributed by atoms with E-state index in [0.29, 0.717) is 5.76 Å². The number of hydrogen-bond donors (Lipinski definition) is 2. The van der Waals surface area contributed by atoms with Crippen molar-refractivity contribution in [2.75, 3.05) is 0 Å². The first-order chi connectivity index (χ1) is 11.3. The number of amides is 1. The molecule has 0 saturated carbocycles. The van der Waals surface area contributed by atoms with E-state index in [1.807, 2.05) is 6.92 Å². The lowest BCUT2D eigenvalue weighted by Crippen LogP contribution is -2.49. The highest BCUT2D eigenvalue weighted by Gasteiger charge is 2.29. The molecule has 2 aromatic heterocycles. The molecule has 0 aromatic carbocycles. The zero-order valence-corrected chi connectivity index (χ0v) is 15.5. The second-order valence-electron chi connectivity index (χ2n) is 5.71. The van der Waals surface area contributed by atoms with E-state index in [9.17, 15) is 13.2 Å². The molecule has 2 heterocycles. The van der Waals surface area contributed by atoms with Crippen LogP contribution in [0.5, 0.6) is 0 Å². The van der Waals surface area contributed by atoms with Crippen molar-refractivity contribution in [1.29, 1.82) is 0 Å². The minimum Gasteiger partial charge on any atom is -0.467 e. The summed E-state index contributed by atoms with van der Waals surface area (Å²) in [4.78, 5) is 13.4. The second-order valence-corrected chi connectivity index (χ2v) is 8.82. The van der Waals surface area contributed by atoms with Crippen molar-refractivity contribution in [2.24, 2.45) is 5.92 Å². The fraction of sp³-hybridized carbons (Fsp3) is 0.438. The van der Waals surface area contributed by atoms with Gasteiger partial charge in [0.2, 0.25) is 5.91 Å². The smallest absolute Gasteiger partial charge is 0.250 e. The van der Waals surface area contributed by atoms with Crippen LogP contribution in [0.3, 0.4) is 0 Å². The van der Waals surface area contributed by atoms with Crippen LogP contribution < -0.4 is 10.0 Å². The fourth-order valence-electron chi connectivity index (χ4n) is 2.11. The van der Waals surface area contributed by atoms with Crippen LogP contribution in [0, 0.1) is 5.92 Å². The zero-order chi connectivity index (χ0) is 17.7. The van der Waals surface area contributed by atoms with Crippen LogP contribution in [0.2, 0.25) is 0 Å². The highest BCUT2D eigenvalue weighted by molar-refractivity contribution is 7.91. The Hall–Kier alpha value is -1.64. The summed E-state index contributed by atoms with van der Waals surface area (Å²) in [7, 11) is -3.73. The van der Waals surface area contributed by atoms with Crippen molar-refractivity contribution in [3.8, 4) is 0 Å². The maximum atomic E-state index is 12.5. The molecule has 0 radical (unpaired) electrons. The molecule has 2 aromatic rings. The number of sulfonamides is 1. The van der Waals surface area contributed by atoms with E-state index in [1.54, 1.807) is 38.1 Å². The number of aryl methyl sites for hydroxylation is 1. The molecular weight excluding hydrogens is 348 g/mol. The van der Waals surface area contributed by atoms with Gasteiger partial charge in [-0.15, -0.1) is 11.3 Å². The quantitative estimate of drug-likeness (QED) is 0.747. The standard InChI is InChI=1S/C16H22N2O4S2/c1-4-13-7-8-14(23-13)24(20,21)18-15(11(2)3)16(19)17-10-12-6-5-9-22-12/h5-9,11,15,18H,4,10H2,1-3H3,(H,17,19)/t15-/m0/s1. The normalized spacial score (nSPS) is 13.2. The molecule has 6 nitrogen and oxygen atoms in total. The fourth-order valence-corrected chi connectivity index (χ4v) is 4.76. The van der Waals surface area contributed by atoms with Gasteiger partial charge >= 0.3 is 0 Å². The molecule has 8 heteroatoms. The SMILES string of the molecule is CCc1ccc(S(=O)(=O)N[C@H](C(=O)NCc2ccco2)C(C)C)s1. The van der Waals surface area contributed by atoms with Gasteiger partial charge in [-0.25, -0.2) is 8.42 Å². The van der Waals surface area contributed by atoms with Gasteiger partial charge in [0.05, 0.1) is 12.8 Å². The number of rotatable bonds is 8. The molecule has 0 aliphatic rings. The Kier molecular flexibility index (Phi) is 6.20. The Balaban J connectivity index is 2.07. The predicted octanol–water partition coefficient (Wildman–Crippen LogP) is 2.52. The van der Waals surface area contributed by atoms with Crippen LogP contribution in [-0.4, -0.2) is 20.4 Å². The van der Waals surface area contributed by atoms with E-state index in [-0.39, 0.29) is 22.6 Å². The van der Waals surface area contributed by atoms with Crippen LogP contribution in [0.25, 0.3) is 0 Å². The summed E-state index contributed by atoms with van der Waals surface area (Å²) in [5.74, 6) is 0.0405. The Labute approximate surface area is 146 Å². The minimum absolute atomic E-state index is 0.193. The van der Waals surface area contributed by atoms with E-state index >= 15 is 0 Å². The molecule has 1 atom stereocenters. The molecule has 24 heavy (non-hydrogen) atoms. The van der Waals surface area contributed by atoms with E-state index in [0.717, 1.165) is 11.3 Å². The number of hydrogen-bond acceptors (Lipinski definition) is 5. The maximum absolute atomic E-state index is 12.5. The summed E-state index contributed by atoms with van der Waals surface area (Å²) in [6, 6.07) is 5.99. The molecule has 1 amide bonds. The summed E-state index contributed by atoms with van der Waals surface area (Å²) in [6.45, 7) is 5.78. The molecule has 2 rings (SSSR count). The Bertz CT molecular complexity index is 764. The van der Waals surface area contributed by atoms with Crippen molar-refractivity contribution in [3.05, 3.63) is 41.2 Å². The lowest BCUT2D eigenvalue weighted by Gasteiger charge is -2.21. The van der Waals surface area contributed by atoms with E-state index < -0.39 is 16.1 Å². The zero-order valence-electron chi connectivity index (χ0n) is 13.9. The van der Waals surface area contributed by atoms with Gasteiger partial charge in [0.15, 0.2) is 0 Å². The van der Waals surface area contributed by atoms with Gasteiger partial charge in [-0.3, -0.25) is 4.79 Å². The number of furan rings is 1. The van der Waals surface area contributed by atoms with Gasteiger partial charge in [-0.2, -0.15) is 4.72 Å². The van der Waals surface area contributed by atoms with E-state index in [4.69, 9.17) is 4.42 Å². The lowest BCUT2D eigenvalue weighted by atomic mass is 10.1. The second kappa shape index (κ2) is 7.96. The number of nitrogens with one attached hydrogen (secondary N) is 2. The Morgan fingerprint density at radius 3 is 2.58 bits per heavy atom. The molecule has 2 N–H and O–H groups in total. The monoisotopic (exact) mass is 370 g/mol. The minimum atomic E-state index is -3.73. The van der Waals surface area contributed by atoms with Crippen molar-refractivity contribution < 1.29 is 17.6 Å². The van der Waals surface area contributed by atoms with Gasteiger partial charge < -0.3 is 9.73 Å². The summed E-state index contributed by atoms with van der Waals surface area (Å²) in [5, 5.41) is 2.70. The average Bonchev–Trinajstić information content (AvgIpc) is 3.21. The van der Waals surface area contributed by atoms with Crippen molar-refractivity contribution in [1.82, 2.24) is 10.0 Å². The summed E-state index contributed by atoms with van der Waals surface area (Å²) < 4.78 is 32.9. The van der Waals surface area contributed by atoms with Crippen molar-refractivity contribution >= 4 is 27.3 Å². The predicted molar refractivity (Wildman–Crippen MR) is 93.2 cm³/mol. The summed E-state index contributed by atoms with van der Waals surface area (Å²) in [6.07, 6.45) is 2.30. The first kappa shape index (κ1) is 18.7. The van der Waals surface area contributed by atoms with Gasteiger partial charge in [-0.05, 0) is 36.6 Å². The van der Waals surface area contributed by atoms with Gasteiger partial charge in [0.1, 0.15) is 16.0 Å². The van der Waals surface area contributed by atoms with Gasteiger partial charge in [0.25, 0.3) is 10.0 Å². The topological polar surface area (TPSA) is 88.4 Å². The third-order valence-electron chi connectivity index (χ3n) is 3.50. The van der Waals surface area contributed by atoms with Crippen LogP contribution in [-0.2, 0) is 27.8 Å². The molecule has 0 fully saturated rings. The summed E-state index contributed by atoms with van der Waals surface area (Å²) in [5.41, 5.74) is 0. The average molecular weight is 370 g/mol. The number of carbonyl (C=O) groups is 1. The molecule has 0 spiro atoms. The van der Waals surface area contributed by atoms with Crippen molar-refractivity contribution in [3.63, 3.8) is 0 Å². The largest absolute Gasteiger partial charge is 0.467 e. The van der Waals surface area contributed by atoms with Crippen LogP contribution >= 0.6 is 11.3 Å². The van der Waals surface area contributed by atoms with E-state index in [1.165, 1.54) is 17.6 Å². The molecule has 0 aliphatic heterocycles. The van der Waals surface area contributed by atoms with Crippen LogP contribution in [0.1, 0.15) is 31.4 Å². The third-order valence-corrected chi connectivity index (χ3v) is 6.66. The lowest BCUT2D eigenvalue weighted by molar-refractivity contribution is -0.123. The Morgan fingerprint density at radius 2 is 2.04 bits per heavy atom. The first-order valence-corrected chi connectivity index (χ1v) is 10.0. The highest BCUT2D eigenvalue weighted by atomic mass is 32.2.